The maximum atomic E-state index is 11.8. The van der Waals surface area contributed by atoms with Gasteiger partial charge in [0.2, 0.25) is 10.0 Å². The second-order valence-electron chi connectivity index (χ2n) is 4.52. The molecule has 0 spiro atoms. The first-order valence-electron chi connectivity index (χ1n) is 5.68. The van der Waals surface area contributed by atoms with Gasteiger partial charge in [0.25, 0.3) is 0 Å². The third-order valence-corrected chi connectivity index (χ3v) is 4.54. The number of methoxy groups -OCH3 is 1. The summed E-state index contributed by atoms with van der Waals surface area (Å²) >= 11 is 0. The van der Waals surface area contributed by atoms with Crippen molar-refractivity contribution in [2.24, 2.45) is 5.92 Å². The number of rotatable bonds is 5. The summed E-state index contributed by atoms with van der Waals surface area (Å²) in [7, 11) is -1.71. The molecule has 1 rings (SSSR count). The molecule has 3 atom stereocenters. The van der Waals surface area contributed by atoms with Gasteiger partial charge in [-0.1, -0.05) is 6.92 Å². The van der Waals surface area contributed by atoms with E-state index in [1.165, 1.54) is 7.11 Å². The van der Waals surface area contributed by atoms with Gasteiger partial charge in [-0.3, -0.25) is 0 Å². The normalized spacial score (nSPS) is 27.2. The lowest BCUT2D eigenvalue weighted by Crippen LogP contribution is -2.49. The highest BCUT2D eigenvalue weighted by molar-refractivity contribution is 7.89. The molecule has 0 aliphatic carbocycles. The zero-order valence-electron chi connectivity index (χ0n) is 10.6. The molecular weight excluding hydrogens is 264 g/mol. The molecule has 1 heterocycles. The second kappa shape index (κ2) is 7.53. The number of piperidine rings is 1. The standard InChI is InChI=1S/C10H22N2O3S.ClH/c1-8-6-11-5-4-10(8)12-16(13,14)7-9(2)15-3;/h8-12H,4-7H2,1-3H3;1H. The van der Waals surface area contributed by atoms with Crippen LogP contribution in [0, 0.1) is 5.92 Å². The average molecular weight is 287 g/mol. The van der Waals surface area contributed by atoms with Crippen LogP contribution in [0.2, 0.25) is 0 Å². The molecule has 0 aromatic heterocycles. The van der Waals surface area contributed by atoms with Crippen LogP contribution in [-0.2, 0) is 14.8 Å². The van der Waals surface area contributed by atoms with Crippen molar-refractivity contribution in [3.8, 4) is 0 Å². The van der Waals surface area contributed by atoms with Crippen LogP contribution in [0.15, 0.2) is 0 Å². The molecule has 17 heavy (non-hydrogen) atoms. The third-order valence-electron chi connectivity index (χ3n) is 2.97. The molecule has 5 nitrogen and oxygen atoms in total. The van der Waals surface area contributed by atoms with E-state index < -0.39 is 10.0 Å². The fourth-order valence-corrected chi connectivity index (χ4v) is 3.51. The third kappa shape index (κ3) is 6.01. The minimum atomic E-state index is -3.23. The maximum Gasteiger partial charge on any atom is 0.214 e. The van der Waals surface area contributed by atoms with Crippen LogP contribution in [0.3, 0.4) is 0 Å². The molecule has 0 amide bonds. The van der Waals surface area contributed by atoms with Crippen LogP contribution >= 0.6 is 12.4 Å². The Hall–Kier alpha value is 0.120. The maximum absolute atomic E-state index is 11.8. The lowest BCUT2D eigenvalue weighted by molar-refractivity contribution is 0.136. The van der Waals surface area contributed by atoms with Crippen molar-refractivity contribution in [3.05, 3.63) is 0 Å². The molecule has 7 heteroatoms. The molecule has 1 fully saturated rings. The van der Waals surface area contributed by atoms with E-state index in [2.05, 4.69) is 17.0 Å². The largest absolute Gasteiger partial charge is 0.381 e. The van der Waals surface area contributed by atoms with Crippen LogP contribution in [0.25, 0.3) is 0 Å². The molecule has 1 saturated heterocycles. The first-order chi connectivity index (χ1) is 7.44. The molecule has 0 bridgehead atoms. The molecule has 104 valence electrons. The van der Waals surface area contributed by atoms with E-state index >= 15 is 0 Å². The second-order valence-corrected chi connectivity index (χ2v) is 6.32. The van der Waals surface area contributed by atoms with Crippen LogP contribution in [0.4, 0.5) is 0 Å². The van der Waals surface area contributed by atoms with Gasteiger partial charge in [-0.25, -0.2) is 13.1 Å². The SMILES string of the molecule is COC(C)CS(=O)(=O)NC1CCNCC1C.Cl. The highest BCUT2D eigenvalue weighted by Crippen LogP contribution is 2.11. The van der Waals surface area contributed by atoms with Crippen molar-refractivity contribution >= 4 is 22.4 Å². The van der Waals surface area contributed by atoms with E-state index in [1.54, 1.807) is 6.92 Å². The predicted octanol–water partition coefficient (Wildman–Crippen LogP) is 0.361. The highest BCUT2D eigenvalue weighted by atomic mass is 35.5. The van der Waals surface area contributed by atoms with Crippen molar-refractivity contribution in [2.75, 3.05) is 26.0 Å². The zero-order chi connectivity index (χ0) is 12.2. The molecule has 0 aromatic carbocycles. The van der Waals surface area contributed by atoms with Gasteiger partial charge in [-0.15, -0.1) is 12.4 Å². The number of nitrogens with one attached hydrogen (secondary N) is 2. The van der Waals surface area contributed by atoms with Gasteiger partial charge < -0.3 is 10.1 Å². The summed E-state index contributed by atoms with van der Waals surface area (Å²) in [5.74, 6) is 0.363. The van der Waals surface area contributed by atoms with Crippen LogP contribution < -0.4 is 10.0 Å². The van der Waals surface area contributed by atoms with E-state index in [0.29, 0.717) is 5.92 Å². The first kappa shape index (κ1) is 17.1. The molecule has 1 aliphatic rings. The van der Waals surface area contributed by atoms with Gasteiger partial charge in [-0.2, -0.15) is 0 Å². The lowest BCUT2D eigenvalue weighted by atomic mass is 9.97. The number of halogens is 1. The summed E-state index contributed by atoms with van der Waals surface area (Å²) in [5.41, 5.74) is 0. The Kier molecular flexibility index (Phi) is 7.58. The van der Waals surface area contributed by atoms with Gasteiger partial charge in [0.15, 0.2) is 0 Å². The van der Waals surface area contributed by atoms with Gasteiger partial charge in [0.05, 0.1) is 11.9 Å². The molecule has 1 aliphatic heterocycles. The Bertz CT molecular complexity index is 311. The molecule has 0 aromatic rings. The molecule has 0 saturated carbocycles. The quantitative estimate of drug-likeness (QED) is 0.766. The number of hydrogen-bond acceptors (Lipinski definition) is 4. The van der Waals surface area contributed by atoms with Crippen molar-refractivity contribution in [2.45, 2.75) is 32.4 Å². The molecular formula is C10H23ClN2O3S. The van der Waals surface area contributed by atoms with E-state index in [9.17, 15) is 8.42 Å². The number of hydrogen-bond donors (Lipinski definition) is 2. The summed E-state index contributed by atoms with van der Waals surface area (Å²) < 4.78 is 31.3. The van der Waals surface area contributed by atoms with Crippen molar-refractivity contribution < 1.29 is 13.2 Å². The minimum Gasteiger partial charge on any atom is -0.381 e. The first-order valence-corrected chi connectivity index (χ1v) is 7.33. The molecule has 0 radical (unpaired) electrons. The fourth-order valence-electron chi connectivity index (χ4n) is 1.84. The van der Waals surface area contributed by atoms with Crippen molar-refractivity contribution in [1.29, 1.82) is 0 Å². The minimum absolute atomic E-state index is 0. The Balaban J connectivity index is 0.00000256. The van der Waals surface area contributed by atoms with Crippen LogP contribution in [0.1, 0.15) is 20.3 Å². The number of sulfonamides is 1. The van der Waals surface area contributed by atoms with Gasteiger partial charge in [0.1, 0.15) is 0 Å². The van der Waals surface area contributed by atoms with Gasteiger partial charge in [-0.05, 0) is 32.4 Å². The summed E-state index contributed by atoms with van der Waals surface area (Å²) in [6.45, 7) is 5.55. The summed E-state index contributed by atoms with van der Waals surface area (Å²) in [4.78, 5) is 0. The van der Waals surface area contributed by atoms with Crippen LogP contribution in [0.5, 0.6) is 0 Å². The zero-order valence-corrected chi connectivity index (χ0v) is 12.2. The summed E-state index contributed by atoms with van der Waals surface area (Å²) in [6, 6.07) is 0.0512. The monoisotopic (exact) mass is 286 g/mol. The fraction of sp³-hybridized carbons (Fsp3) is 1.00. The topological polar surface area (TPSA) is 67.4 Å². The Labute approximate surface area is 110 Å². The summed E-state index contributed by atoms with van der Waals surface area (Å²) in [6.07, 6.45) is 0.580. The van der Waals surface area contributed by atoms with E-state index in [0.717, 1.165) is 19.5 Å². The van der Waals surface area contributed by atoms with Gasteiger partial charge >= 0.3 is 0 Å². The van der Waals surface area contributed by atoms with Crippen molar-refractivity contribution in [3.63, 3.8) is 0 Å². The van der Waals surface area contributed by atoms with Crippen molar-refractivity contribution in [1.82, 2.24) is 10.0 Å². The smallest absolute Gasteiger partial charge is 0.214 e. The van der Waals surface area contributed by atoms with Crippen LogP contribution in [-0.4, -0.2) is 46.5 Å². The summed E-state index contributed by atoms with van der Waals surface area (Å²) in [5, 5.41) is 3.24. The number of ether oxygens (including phenoxy) is 1. The predicted molar refractivity (Wildman–Crippen MR) is 71.1 cm³/mol. The molecule has 3 unspecified atom stereocenters. The van der Waals surface area contributed by atoms with E-state index in [-0.39, 0.29) is 30.3 Å². The average Bonchev–Trinajstić information content (AvgIpc) is 2.20. The lowest BCUT2D eigenvalue weighted by Gasteiger charge is -2.30. The Morgan fingerprint density at radius 1 is 1.53 bits per heavy atom. The Morgan fingerprint density at radius 3 is 2.71 bits per heavy atom. The van der Waals surface area contributed by atoms with E-state index in [4.69, 9.17) is 4.74 Å². The Morgan fingerprint density at radius 2 is 2.18 bits per heavy atom. The van der Waals surface area contributed by atoms with Gasteiger partial charge in [0, 0.05) is 13.2 Å². The van der Waals surface area contributed by atoms with E-state index in [1.807, 2.05) is 0 Å². The highest BCUT2D eigenvalue weighted by Gasteiger charge is 2.26. The molecule has 2 N–H and O–H groups in total.